The first-order valence-corrected chi connectivity index (χ1v) is 8.02. The molecule has 0 aliphatic carbocycles. The van der Waals surface area contributed by atoms with Crippen LogP contribution in [0.15, 0.2) is 24.3 Å². The van der Waals surface area contributed by atoms with E-state index in [4.69, 9.17) is 10.5 Å². The van der Waals surface area contributed by atoms with Gasteiger partial charge in [-0.2, -0.15) is 10.5 Å². The monoisotopic (exact) mass is 289 g/mol. The molecule has 1 heterocycles. The van der Waals surface area contributed by atoms with Crippen molar-refractivity contribution in [3.8, 4) is 12.1 Å². The summed E-state index contributed by atoms with van der Waals surface area (Å²) in [7, 11) is -3.35. The molecule has 0 saturated carbocycles. The molecule has 0 bridgehead atoms. The number of piperidine rings is 1. The van der Waals surface area contributed by atoms with Crippen molar-refractivity contribution in [2.75, 3.05) is 13.1 Å². The van der Waals surface area contributed by atoms with Gasteiger partial charge in [0.15, 0.2) is 0 Å². The fraction of sp³-hybridized carbons (Fsp3) is 0.429. The van der Waals surface area contributed by atoms with Crippen molar-refractivity contribution in [2.45, 2.75) is 18.6 Å². The molecular formula is C14H15N3O2S. The van der Waals surface area contributed by atoms with Crippen LogP contribution in [0.1, 0.15) is 24.0 Å². The quantitative estimate of drug-likeness (QED) is 0.846. The van der Waals surface area contributed by atoms with Crippen LogP contribution in [0.25, 0.3) is 0 Å². The second kappa shape index (κ2) is 6.04. The van der Waals surface area contributed by atoms with Crippen LogP contribution < -0.4 is 0 Å². The average Bonchev–Trinajstić information content (AvgIpc) is 2.48. The Kier molecular flexibility index (Phi) is 4.39. The average molecular weight is 289 g/mol. The molecule has 0 atom stereocenters. The lowest BCUT2D eigenvalue weighted by Crippen LogP contribution is -2.38. The Morgan fingerprint density at radius 3 is 2.25 bits per heavy atom. The topological polar surface area (TPSA) is 85.0 Å². The lowest BCUT2D eigenvalue weighted by Gasteiger charge is -2.28. The number of rotatable bonds is 3. The van der Waals surface area contributed by atoms with Gasteiger partial charge in [-0.05, 0) is 30.5 Å². The molecule has 0 aromatic heterocycles. The molecule has 1 saturated heterocycles. The molecule has 1 aliphatic rings. The van der Waals surface area contributed by atoms with Gasteiger partial charge in [-0.25, -0.2) is 12.7 Å². The van der Waals surface area contributed by atoms with Gasteiger partial charge in [-0.1, -0.05) is 12.1 Å². The molecule has 2 rings (SSSR count). The van der Waals surface area contributed by atoms with Crippen molar-refractivity contribution in [3.63, 3.8) is 0 Å². The largest absolute Gasteiger partial charge is 0.218 e. The van der Waals surface area contributed by atoms with E-state index in [2.05, 4.69) is 6.07 Å². The summed E-state index contributed by atoms with van der Waals surface area (Å²) in [5, 5.41) is 17.5. The van der Waals surface area contributed by atoms with Crippen LogP contribution >= 0.6 is 0 Å². The summed E-state index contributed by atoms with van der Waals surface area (Å²) in [5.74, 6) is -0.0907. The summed E-state index contributed by atoms with van der Waals surface area (Å²) in [6.45, 7) is 0.827. The van der Waals surface area contributed by atoms with E-state index < -0.39 is 10.0 Å². The third kappa shape index (κ3) is 3.36. The molecule has 5 nitrogen and oxygen atoms in total. The highest BCUT2D eigenvalue weighted by molar-refractivity contribution is 7.88. The lowest BCUT2D eigenvalue weighted by molar-refractivity contribution is 0.309. The number of hydrogen-bond donors (Lipinski definition) is 0. The summed E-state index contributed by atoms with van der Waals surface area (Å²) >= 11 is 0. The zero-order valence-corrected chi connectivity index (χ0v) is 11.8. The molecule has 20 heavy (non-hydrogen) atoms. The SMILES string of the molecule is N#Cc1ccc(CS(=O)(=O)N2CCC(C#N)CC2)cc1. The maximum atomic E-state index is 12.3. The molecule has 1 aliphatic heterocycles. The molecule has 0 unspecified atom stereocenters. The Labute approximate surface area is 119 Å². The molecule has 1 aromatic carbocycles. The van der Waals surface area contributed by atoms with Crippen molar-refractivity contribution in [1.82, 2.24) is 4.31 Å². The summed E-state index contributed by atoms with van der Waals surface area (Å²) in [6.07, 6.45) is 1.20. The van der Waals surface area contributed by atoms with E-state index in [1.165, 1.54) is 4.31 Å². The van der Waals surface area contributed by atoms with Crippen LogP contribution in [0.5, 0.6) is 0 Å². The summed E-state index contributed by atoms with van der Waals surface area (Å²) < 4.78 is 26.0. The van der Waals surface area contributed by atoms with Crippen LogP contribution in [-0.4, -0.2) is 25.8 Å². The van der Waals surface area contributed by atoms with Crippen LogP contribution in [0.2, 0.25) is 0 Å². The van der Waals surface area contributed by atoms with Crippen LogP contribution in [-0.2, 0) is 15.8 Å². The lowest BCUT2D eigenvalue weighted by atomic mass is 10.0. The number of sulfonamides is 1. The minimum Gasteiger partial charge on any atom is -0.212 e. The molecule has 104 valence electrons. The van der Waals surface area contributed by atoms with Crippen LogP contribution in [0.3, 0.4) is 0 Å². The Morgan fingerprint density at radius 2 is 1.75 bits per heavy atom. The number of nitrogens with zero attached hydrogens (tertiary/aromatic N) is 3. The fourth-order valence-corrected chi connectivity index (χ4v) is 3.80. The van der Waals surface area contributed by atoms with Gasteiger partial charge in [0.2, 0.25) is 10.0 Å². The van der Waals surface area contributed by atoms with E-state index in [0.717, 1.165) is 0 Å². The molecule has 0 N–H and O–H groups in total. The first kappa shape index (κ1) is 14.5. The Hall–Kier alpha value is -1.89. The minimum atomic E-state index is -3.35. The minimum absolute atomic E-state index is 0.0311. The molecule has 6 heteroatoms. The fourth-order valence-electron chi connectivity index (χ4n) is 2.24. The van der Waals surface area contributed by atoms with Crippen molar-refractivity contribution < 1.29 is 8.42 Å². The molecule has 0 spiro atoms. The van der Waals surface area contributed by atoms with Gasteiger partial charge in [0.25, 0.3) is 0 Å². The van der Waals surface area contributed by atoms with E-state index >= 15 is 0 Å². The second-order valence-electron chi connectivity index (χ2n) is 4.87. The van der Waals surface area contributed by atoms with Gasteiger partial charge in [0, 0.05) is 19.0 Å². The first-order chi connectivity index (χ1) is 9.55. The maximum absolute atomic E-state index is 12.3. The van der Waals surface area contributed by atoms with Gasteiger partial charge in [-0.3, -0.25) is 0 Å². The predicted molar refractivity (Wildman–Crippen MR) is 73.7 cm³/mol. The zero-order valence-electron chi connectivity index (χ0n) is 11.0. The third-order valence-electron chi connectivity index (χ3n) is 3.46. The maximum Gasteiger partial charge on any atom is 0.218 e. The molecule has 0 radical (unpaired) electrons. The normalized spacial score (nSPS) is 17.3. The summed E-state index contributed by atoms with van der Waals surface area (Å²) in [4.78, 5) is 0. The van der Waals surface area contributed by atoms with Crippen molar-refractivity contribution in [3.05, 3.63) is 35.4 Å². The smallest absolute Gasteiger partial charge is 0.212 e. The van der Waals surface area contributed by atoms with E-state index in [1.54, 1.807) is 24.3 Å². The molecule has 0 amide bonds. The van der Waals surface area contributed by atoms with Crippen molar-refractivity contribution in [1.29, 1.82) is 10.5 Å². The standard InChI is InChI=1S/C14H15N3O2S/c15-9-12-1-3-14(4-2-12)11-20(18,19)17-7-5-13(10-16)6-8-17/h1-4,13H,5-8,11H2. The highest BCUT2D eigenvalue weighted by Crippen LogP contribution is 2.21. The van der Waals surface area contributed by atoms with E-state index in [9.17, 15) is 8.42 Å². The number of benzene rings is 1. The van der Waals surface area contributed by atoms with Crippen LogP contribution in [0.4, 0.5) is 0 Å². The summed E-state index contributed by atoms with van der Waals surface area (Å²) in [5.41, 5.74) is 1.19. The number of hydrogen-bond acceptors (Lipinski definition) is 4. The highest BCUT2D eigenvalue weighted by Gasteiger charge is 2.27. The van der Waals surface area contributed by atoms with Gasteiger partial charge in [-0.15, -0.1) is 0 Å². The van der Waals surface area contributed by atoms with E-state index in [1.807, 2.05) is 6.07 Å². The third-order valence-corrected chi connectivity index (χ3v) is 5.31. The highest BCUT2D eigenvalue weighted by atomic mass is 32.2. The van der Waals surface area contributed by atoms with Crippen LogP contribution in [0, 0.1) is 28.6 Å². The molecular weight excluding hydrogens is 274 g/mol. The van der Waals surface area contributed by atoms with E-state index in [0.29, 0.717) is 37.1 Å². The van der Waals surface area contributed by atoms with Gasteiger partial charge >= 0.3 is 0 Å². The van der Waals surface area contributed by atoms with Gasteiger partial charge < -0.3 is 0 Å². The zero-order chi connectivity index (χ0) is 14.6. The van der Waals surface area contributed by atoms with Gasteiger partial charge in [0.1, 0.15) is 0 Å². The Bertz CT molecular complexity index is 645. The van der Waals surface area contributed by atoms with Crippen molar-refractivity contribution in [2.24, 2.45) is 5.92 Å². The van der Waals surface area contributed by atoms with E-state index in [-0.39, 0.29) is 11.7 Å². The molecule has 1 fully saturated rings. The van der Waals surface area contributed by atoms with Gasteiger partial charge in [0.05, 0.1) is 23.5 Å². The molecule has 1 aromatic rings. The summed E-state index contributed by atoms with van der Waals surface area (Å²) in [6, 6.07) is 10.8. The second-order valence-corrected chi connectivity index (χ2v) is 6.84. The Morgan fingerprint density at radius 1 is 1.15 bits per heavy atom. The van der Waals surface area contributed by atoms with Crippen molar-refractivity contribution >= 4 is 10.0 Å². The number of nitriles is 2. The Balaban J connectivity index is 2.04. The first-order valence-electron chi connectivity index (χ1n) is 6.41. The predicted octanol–water partition coefficient (Wildman–Crippen LogP) is 1.62.